The van der Waals surface area contributed by atoms with Gasteiger partial charge in [-0.1, -0.05) is 0 Å². The van der Waals surface area contributed by atoms with Crippen LogP contribution in [0.5, 0.6) is 0 Å². The second-order valence-corrected chi connectivity index (χ2v) is 4.75. The van der Waals surface area contributed by atoms with E-state index in [0.717, 1.165) is 12.3 Å². The maximum atomic E-state index is 13.9. The van der Waals surface area contributed by atoms with Crippen molar-refractivity contribution < 1.29 is 28.2 Å². The van der Waals surface area contributed by atoms with E-state index in [9.17, 15) is 18.4 Å². The number of ether oxygens (including phenoxy) is 1. The van der Waals surface area contributed by atoms with Crippen LogP contribution in [0.3, 0.4) is 0 Å². The third kappa shape index (κ3) is 3.20. The molecular formula is C15H14F2N2O4. The van der Waals surface area contributed by atoms with Gasteiger partial charge in [-0.25, -0.2) is 13.6 Å². The molecule has 0 radical (unpaired) electrons. The average Bonchev–Trinajstić information content (AvgIpc) is 2.49. The number of rotatable bonds is 5. The van der Waals surface area contributed by atoms with Crippen LogP contribution in [-0.2, 0) is 9.53 Å². The topological polar surface area (TPSA) is 79.7 Å². The van der Waals surface area contributed by atoms with Crippen LogP contribution in [0.1, 0.15) is 17.3 Å². The third-order valence-electron chi connectivity index (χ3n) is 3.15. The van der Waals surface area contributed by atoms with Crippen molar-refractivity contribution in [3.8, 4) is 0 Å². The first-order valence-corrected chi connectivity index (χ1v) is 6.73. The number of fused-ring (bicyclic) bond motifs is 1. The summed E-state index contributed by atoms with van der Waals surface area (Å²) in [6, 6.07) is 2.14. The quantitative estimate of drug-likeness (QED) is 0.850. The molecule has 0 saturated heterocycles. The molecule has 0 aliphatic heterocycles. The number of hydrogen-bond acceptors (Lipinski definition) is 5. The highest BCUT2D eigenvalue weighted by Crippen LogP contribution is 2.31. The standard InChI is InChI=1S/C15H14F2N2O4/c1-3-23-15(22)9-6-18-13-8(4-5-10(16)12(13)17)14(9)19(2)7-11(20)21/h4-6H,3,7H2,1-2H3,(H,20,21). The maximum absolute atomic E-state index is 13.9. The van der Waals surface area contributed by atoms with Crippen LogP contribution in [0, 0.1) is 11.6 Å². The summed E-state index contributed by atoms with van der Waals surface area (Å²) in [7, 11) is 1.42. The number of carbonyl (C=O) groups excluding carboxylic acids is 1. The summed E-state index contributed by atoms with van der Waals surface area (Å²) >= 11 is 0. The Labute approximate surface area is 130 Å². The Bertz CT molecular complexity index is 780. The molecule has 0 atom stereocenters. The first-order chi connectivity index (χ1) is 10.9. The summed E-state index contributed by atoms with van der Waals surface area (Å²) in [6.45, 7) is 1.28. The van der Waals surface area contributed by atoms with Crippen molar-refractivity contribution in [1.29, 1.82) is 0 Å². The minimum atomic E-state index is -1.16. The van der Waals surface area contributed by atoms with Crippen molar-refractivity contribution in [3.63, 3.8) is 0 Å². The van der Waals surface area contributed by atoms with E-state index in [0.29, 0.717) is 0 Å². The Morgan fingerprint density at radius 3 is 2.65 bits per heavy atom. The Morgan fingerprint density at radius 1 is 1.35 bits per heavy atom. The van der Waals surface area contributed by atoms with Crippen LogP contribution >= 0.6 is 0 Å². The molecule has 0 fully saturated rings. The van der Waals surface area contributed by atoms with E-state index in [2.05, 4.69) is 4.98 Å². The van der Waals surface area contributed by atoms with Crippen LogP contribution in [-0.4, -0.2) is 42.2 Å². The van der Waals surface area contributed by atoms with E-state index in [1.165, 1.54) is 18.0 Å². The Morgan fingerprint density at radius 2 is 2.04 bits per heavy atom. The molecule has 8 heteroatoms. The van der Waals surface area contributed by atoms with Gasteiger partial charge >= 0.3 is 11.9 Å². The summed E-state index contributed by atoms with van der Waals surface area (Å²) < 4.78 is 32.2. The second kappa shape index (κ2) is 6.55. The average molecular weight is 324 g/mol. The van der Waals surface area contributed by atoms with Gasteiger partial charge < -0.3 is 14.7 Å². The molecule has 2 aromatic rings. The van der Waals surface area contributed by atoms with E-state index < -0.39 is 30.1 Å². The van der Waals surface area contributed by atoms with Gasteiger partial charge in [-0.2, -0.15) is 0 Å². The Kier molecular flexibility index (Phi) is 4.73. The molecule has 0 saturated carbocycles. The van der Waals surface area contributed by atoms with Gasteiger partial charge in [-0.15, -0.1) is 0 Å². The lowest BCUT2D eigenvalue weighted by molar-refractivity contribution is -0.135. The number of hydrogen-bond donors (Lipinski definition) is 1. The SMILES string of the molecule is CCOC(=O)c1cnc2c(F)c(F)ccc2c1N(C)CC(=O)O. The number of esters is 1. The molecule has 1 N–H and O–H groups in total. The summed E-state index contributed by atoms with van der Waals surface area (Å²) in [5, 5.41) is 9.06. The molecule has 23 heavy (non-hydrogen) atoms. The van der Waals surface area contributed by atoms with Gasteiger partial charge in [0.1, 0.15) is 17.6 Å². The Hall–Kier alpha value is -2.77. The monoisotopic (exact) mass is 324 g/mol. The number of halogens is 2. The number of carboxylic acids is 1. The summed E-state index contributed by atoms with van der Waals surface area (Å²) in [5.74, 6) is -4.11. The predicted octanol–water partition coefficient (Wildman–Crippen LogP) is 2.21. The van der Waals surface area contributed by atoms with Crippen molar-refractivity contribution >= 4 is 28.5 Å². The lowest BCUT2D eigenvalue weighted by Crippen LogP contribution is -2.27. The molecule has 1 aromatic heterocycles. The van der Waals surface area contributed by atoms with Crippen LogP contribution in [0.15, 0.2) is 18.3 Å². The number of carbonyl (C=O) groups is 2. The van der Waals surface area contributed by atoms with E-state index >= 15 is 0 Å². The van der Waals surface area contributed by atoms with Crippen molar-refractivity contribution in [2.24, 2.45) is 0 Å². The number of pyridine rings is 1. The highest BCUT2D eigenvalue weighted by Gasteiger charge is 2.23. The van der Waals surface area contributed by atoms with Gasteiger partial charge in [0, 0.05) is 18.6 Å². The maximum Gasteiger partial charge on any atom is 0.341 e. The van der Waals surface area contributed by atoms with Gasteiger partial charge in [0.25, 0.3) is 0 Å². The molecule has 0 amide bonds. The zero-order valence-electron chi connectivity index (χ0n) is 12.5. The molecule has 0 bridgehead atoms. The fraction of sp³-hybridized carbons (Fsp3) is 0.267. The predicted molar refractivity (Wildman–Crippen MR) is 78.5 cm³/mol. The number of benzene rings is 1. The first kappa shape index (κ1) is 16.6. The van der Waals surface area contributed by atoms with Gasteiger partial charge in [0.2, 0.25) is 0 Å². The van der Waals surface area contributed by atoms with E-state index in [-0.39, 0.29) is 28.8 Å². The number of likely N-dealkylation sites (N-methyl/N-ethyl adjacent to an activating group) is 1. The smallest absolute Gasteiger partial charge is 0.341 e. The molecule has 0 unspecified atom stereocenters. The van der Waals surface area contributed by atoms with Crippen molar-refractivity contribution in [2.45, 2.75) is 6.92 Å². The van der Waals surface area contributed by atoms with E-state index in [1.807, 2.05) is 0 Å². The van der Waals surface area contributed by atoms with E-state index in [4.69, 9.17) is 9.84 Å². The summed E-state index contributed by atoms with van der Waals surface area (Å²) in [4.78, 5) is 28.0. The first-order valence-electron chi connectivity index (χ1n) is 6.73. The van der Waals surface area contributed by atoms with Gasteiger partial charge in [-0.05, 0) is 19.1 Å². The fourth-order valence-corrected chi connectivity index (χ4v) is 2.24. The zero-order valence-corrected chi connectivity index (χ0v) is 12.5. The molecule has 122 valence electrons. The zero-order chi connectivity index (χ0) is 17.1. The molecule has 1 aromatic carbocycles. The van der Waals surface area contributed by atoms with Crippen molar-refractivity contribution in [2.75, 3.05) is 25.1 Å². The van der Waals surface area contributed by atoms with Gasteiger partial charge in [0.15, 0.2) is 11.6 Å². The van der Waals surface area contributed by atoms with Crippen LogP contribution in [0.4, 0.5) is 14.5 Å². The van der Waals surface area contributed by atoms with Crippen LogP contribution < -0.4 is 4.90 Å². The molecule has 0 spiro atoms. The van der Waals surface area contributed by atoms with Crippen LogP contribution in [0.2, 0.25) is 0 Å². The number of carboxylic acid groups (broad SMARTS) is 1. The normalized spacial score (nSPS) is 10.6. The Balaban J connectivity index is 2.73. The number of anilines is 1. The summed E-state index contributed by atoms with van der Waals surface area (Å²) in [5.41, 5.74) is -0.186. The third-order valence-corrected chi connectivity index (χ3v) is 3.15. The number of nitrogens with zero attached hydrogens (tertiary/aromatic N) is 2. The second-order valence-electron chi connectivity index (χ2n) is 4.75. The highest BCUT2D eigenvalue weighted by atomic mass is 19.2. The lowest BCUT2D eigenvalue weighted by atomic mass is 10.1. The lowest BCUT2D eigenvalue weighted by Gasteiger charge is -2.21. The molecule has 6 nitrogen and oxygen atoms in total. The van der Waals surface area contributed by atoms with E-state index in [1.54, 1.807) is 6.92 Å². The number of aliphatic carboxylic acids is 1. The molecule has 2 rings (SSSR count). The van der Waals surface area contributed by atoms with Crippen LogP contribution in [0.25, 0.3) is 10.9 Å². The van der Waals surface area contributed by atoms with Crippen molar-refractivity contribution in [1.82, 2.24) is 4.98 Å². The molecule has 1 heterocycles. The van der Waals surface area contributed by atoms with Crippen molar-refractivity contribution in [3.05, 3.63) is 35.5 Å². The molecule has 0 aliphatic carbocycles. The molecular weight excluding hydrogens is 310 g/mol. The van der Waals surface area contributed by atoms with Gasteiger partial charge in [-0.3, -0.25) is 9.78 Å². The highest BCUT2D eigenvalue weighted by molar-refractivity contribution is 6.05. The molecule has 0 aliphatic rings. The number of aromatic nitrogens is 1. The summed E-state index contributed by atoms with van der Waals surface area (Å²) in [6.07, 6.45) is 1.05. The minimum absolute atomic E-state index is 0.0193. The fourth-order valence-electron chi connectivity index (χ4n) is 2.24. The minimum Gasteiger partial charge on any atom is -0.480 e. The van der Waals surface area contributed by atoms with Gasteiger partial charge in [0.05, 0.1) is 12.3 Å². The largest absolute Gasteiger partial charge is 0.480 e.